The van der Waals surface area contributed by atoms with E-state index in [-0.39, 0.29) is 18.6 Å². The summed E-state index contributed by atoms with van der Waals surface area (Å²) in [5.41, 5.74) is 1.68. The quantitative estimate of drug-likeness (QED) is 0.195. The number of benzene rings is 2. The summed E-state index contributed by atoms with van der Waals surface area (Å²) in [4.78, 5) is 27.1. The third kappa shape index (κ3) is 5.81. The van der Waals surface area contributed by atoms with Gasteiger partial charge in [-0.3, -0.25) is 14.5 Å². The molecule has 2 aromatic rings. The molecule has 9 heteroatoms. The number of hydrogen-bond donors (Lipinski definition) is 1. The van der Waals surface area contributed by atoms with Crippen LogP contribution in [0, 0.1) is 3.57 Å². The van der Waals surface area contributed by atoms with Gasteiger partial charge in [0.1, 0.15) is 4.32 Å². The van der Waals surface area contributed by atoms with E-state index in [1.54, 1.807) is 4.90 Å². The van der Waals surface area contributed by atoms with Gasteiger partial charge in [0.2, 0.25) is 12.7 Å². The summed E-state index contributed by atoms with van der Waals surface area (Å²) in [6.45, 7) is 0.774. The number of thioether (sulfide) groups is 1. The van der Waals surface area contributed by atoms with Crippen molar-refractivity contribution in [1.82, 2.24) is 4.90 Å². The Kier molecular flexibility index (Phi) is 7.69. The minimum atomic E-state index is -0.0749. The zero-order valence-corrected chi connectivity index (χ0v) is 20.9. The molecule has 0 spiro atoms. The van der Waals surface area contributed by atoms with Gasteiger partial charge in [0.05, 0.1) is 4.91 Å². The Bertz CT molecular complexity index is 1070. The van der Waals surface area contributed by atoms with Crippen LogP contribution < -0.4 is 14.8 Å². The van der Waals surface area contributed by atoms with Gasteiger partial charge in [0.25, 0.3) is 5.91 Å². The first-order chi connectivity index (χ1) is 15.5. The molecular weight excluding hydrogens is 559 g/mol. The van der Waals surface area contributed by atoms with E-state index in [9.17, 15) is 9.59 Å². The molecule has 0 saturated carbocycles. The lowest BCUT2D eigenvalue weighted by Gasteiger charge is -2.14. The van der Waals surface area contributed by atoms with Gasteiger partial charge in [0.15, 0.2) is 11.5 Å². The van der Waals surface area contributed by atoms with Crippen LogP contribution in [0.15, 0.2) is 47.4 Å². The molecular formula is C23H21IN2O4S2. The SMILES string of the molecule is O=C(CCCCCN1C(=O)C(=Cc2ccc3c(c2)OCO3)SC1=S)Nc1ccc(I)cc1. The highest BCUT2D eigenvalue weighted by molar-refractivity contribution is 14.1. The minimum absolute atomic E-state index is 0.00322. The van der Waals surface area contributed by atoms with Gasteiger partial charge in [-0.2, -0.15) is 0 Å². The van der Waals surface area contributed by atoms with Crippen LogP contribution in [0.3, 0.4) is 0 Å². The largest absolute Gasteiger partial charge is 0.454 e. The van der Waals surface area contributed by atoms with Crippen molar-refractivity contribution in [3.63, 3.8) is 0 Å². The summed E-state index contributed by atoms with van der Waals surface area (Å²) < 4.78 is 12.4. The number of thiocarbonyl (C=S) groups is 1. The fourth-order valence-corrected chi connectivity index (χ4v) is 5.00. The Labute approximate surface area is 209 Å². The standard InChI is InChI=1S/C23H21IN2O4S2/c24-16-6-8-17(9-7-16)25-21(27)4-2-1-3-11-26-22(28)20(32-23(26)31)13-15-5-10-18-19(12-15)30-14-29-18/h5-10,12-13H,1-4,11,14H2,(H,25,27). The number of ether oxygens (including phenoxy) is 2. The third-order valence-corrected chi connectivity index (χ3v) is 7.08. The van der Waals surface area contributed by atoms with Crippen molar-refractivity contribution in [2.24, 2.45) is 0 Å². The number of nitrogens with one attached hydrogen (secondary N) is 1. The molecule has 4 rings (SSSR count). The molecule has 2 aromatic carbocycles. The molecule has 2 aliphatic rings. The second-order valence-corrected chi connectivity index (χ2v) is 10.2. The zero-order chi connectivity index (χ0) is 22.5. The van der Waals surface area contributed by atoms with Crippen molar-refractivity contribution < 1.29 is 19.1 Å². The van der Waals surface area contributed by atoms with E-state index >= 15 is 0 Å². The van der Waals surface area contributed by atoms with Gasteiger partial charge < -0.3 is 14.8 Å². The van der Waals surface area contributed by atoms with Crippen LogP contribution in [0.25, 0.3) is 6.08 Å². The predicted molar refractivity (Wildman–Crippen MR) is 139 cm³/mol. The van der Waals surface area contributed by atoms with Gasteiger partial charge in [-0.25, -0.2) is 0 Å². The fourth-order valence-electron chi connectivity index (χ4n) is 3.34. The molecule has 0 bridgehead atoms. The van der Waals surface area contributed by atoms with Crippen molar-refractivity contribution in [3.05, 3.63) is 56.5 Å². The third-order valence-electron chi connectivity index (χ3n) is 4.98. The van der Waals surface area contributed by atoms with Crippen molar-refractivity contribution >= 4 is 74.5 Å². The molecule has 166 valence electrons. The summed E-state index contributed by atoms with van der Waals surface area (Å²) in [7, 11) is 0. The Morgan fingerprint density at radius 3 is 2.72 bits per heavy atom. The Balaban J connectivity index is 1.22. The molecule has 0 radical (unpaired) electrons. The van der Waals surface area contributed by atoms with Crippen molar-refractivity contribution in [2.45, 2.75) is 25.7 Å². The number of hydrogen-bond acceptors (Lipinski definition) is 6. The molecule has 0 atom stereocenters. The lowest BCUT2D eigenvalue weighted by Crippen LogP contribution is -2.29. The molecule has 2 heterocycles. The van der Waals surface area contributed by atoms with Gasteiger partial charge in [-0.1, -0.05) is 36.5 Å². The van der Waals surface area contributed by atoms with Crippen molar-refractivity contribution in [3.8, 4) is 11.5 Å². The normalized spacial score (nSPS) is 16.2. The summed E-state index contributed by atoms with van der Waals surface area (Å²) in [5.74, 6) is 1.32. The number of rotatable bonds is 8. The number of nitrogens with zero attached hydrogens (tertiary/aromatic N) is 1. The van der Waals surface area contributed by atoms with Crippen LogP contribution in [0.5, 0.6) is 11.5 Å². The van der Waals surface area contributed by atoms with Crippen LogP contribution in [0.4, 0.5) is 5.69 Å². The summed E-state index contributed by atoms with van der Waals surface area (Å²) in [6, 6.07) is 13.3. The van der Waals surface area contributed by atoms with Gasteiger partial charge >= 0.3 is 0 Å². The van der Waals surface area contributed by atoms with Gasteiger partial charge in [0, 0.05) is 22.2 Å². The highest BCUT2D eigenvalue weighted by atomic mass is 127. The molecule has 1 fully saturated rings. The maximum atomic E-state index is 12.8. The van der Waals surface area contributed by atoms with E-state index in [0.717, 1.165) is 34.1 Å². The van der Waals surface area contributed by atoms with Gasteiger partial charge in [-0.15, -0.1) is 0 Å². The lowest BCUT2D eigenvalue weighted by molar-refractivity contribution is -0.122. The maximum absolute atomic E-state index is 12.8. The maximum Gasteiger partial charge on any atom is 0.266 e. The molecule has 1 saturated heterocycles. The van der Waals surface area contributed by atoms with E-state index in [4.69, 9.17) is 21.7 Å². The number of anilines is 1. The molecule has 2 aliphatic heterocycles. The van der Waals surface area contributed by atoms with Crippen LogP contribution in [-0.2, 0) is 9.59 Å². The van der Waals surface area contributed by atoms with Crippen LogP contribution in [-0.4, -0.2) is 34.4 Å². The average molecular weight is 580 g/mol. The smallest absolute Gasteiger partial charge is 0.266 e. The number of carbonyl (C=O) groups is 2. The topological polar surface area (TPSA) is 67.9 Å². The molecule has 32 heavy (non-hydrogen) atoms. The molecule has 0 aromatic heterocycles. The van der Waals surface area contributed by atoms with Crippen molar-refractivity contribution in [1.29, 1.82) is 0 Å². The molecule has 6 nitrogen and oxygen atoms in total. The van der Waals surface area contributed by atoms with E-state index < -0.39 is 0 Å². The highest BCUT2D eigenvalue weighted by Gasteiger charge is 2.31. The lowest BCUT2D eigenvalue weighted by atomic mass is 10.1. The van der Waals surface area contributed by atoms with Crippen LogP contribution in [0.2, 0.25) is 0 Å². The first-order valence-electron chi connectivity index (χ1n) is 10.2. The molecule has 2 amide bonds. The number of fused-ring (bicyclic) bond motifs is 1. The second kappa shape index (κ2) is 10.7. The summed E-state index contributed by atoms with van der Waals surface area (Å²) in [5, 5.41) is 2.90. The van der Waals surface area contributed by atoms with E-state index in [0.29, 0.717) is 33.7 Å². The minimum Gasteiger partial charge on any atom is -0.454 e. The van der Waals surface area contributed by atoms with Crippen molar-refractivity contribution in [2.75, 3.05) is 18.7 Å². The van der Waals surface area contributed by atoms with E-state index in [2.05, 4.69) is 27.9 Å². The number of amides is 2. The predicted octanol–water partition coefficient (Wildman–Crippen LogP) is 5.42. The average Bonchev–Trinajstić information content (AvgIpc) is 3.34. The monoisotopic (exact) mass is 580 g/mol. The Morgan fingerprint density at radius 2 is 1.91 bits per heavy atom. The first-order valence-corrected chi connectivity index (χ1v) is 12.5. The number of carbonyl (C=O) groups excluding carboxylic acids is 2. The van der Waals surface area contributed by atoms with E-state index in [1.165, 1.54) is 11.8 Å². The number of unbranched alkanes of at least 4 members (excludes halogenated alkanes) is 2. The van der Waals surface area contributed by atoms with Crippen LogP contribution >= 0.6 is 46.6 Å². The molecule has 0 aliphatic carbocycles. The summed E-state index contributed by atoms with van der Waals surface area (Å²) in [6.07, 6.45) is 4.68. The van der Waals surface area contributed by atoms with E-state index in [1.807, 2.05) is 48.5 Å². The van der Waals surface area contributed by atoms with Crippen LogP contribution in [0.1, 0.15) is 31.2 Å². The first kappa shape index (κ1) is 23.1. The number of halogens is 1. The Hall–Kier alpha value is -2.11. The zero-order valence-electron chi connectivity index (χ0n) is 17.1. The molecule has 1 N–H and O–H groups in total. The summed E-state index contributed by atoms with van der Waals surface area (Å²) >= 11 is 8.95. The fraction of sp³-hybridized carbons (Fsp3) is 0.261. The molecule has 0 unspecified atom stereocenters. The second-order valence-electron chi connectivity index (χ2n) is 7.31. The highest BCUT2D eigenvalue weighted by Crippen LogP contribution is 2.36. The van der Waals surface area contributed by atoms with Gasteiger partial charge in [-0.05, 0) is 83.5 Å². The Morgan fingerprint density at radius 1 is 1.12 bits per heavy atom.